The van der Waals surface area contributed by atoms with Gasteiger partial charge in [0.05, 0.1) is 29.0 Å². The number of carbonyl (C=O) groups is 3. The maximum Gasteiger partial charge on any atom is 0.341 e. The second-order valence-electron chi connectivity index (χ2n) is 5.15. The summed E-state index contributed by atoms with van der Waals surface area (Å²) in [7, 11) is 0. The van der Waals surface area contributed by atoms with Crippen molar-refractivity contribution in [1.82, 2.24) is 0 Å². The number of fused-ring (bicyclic) bond motifs is 1. The second-order valence-corrected chi connectivity index (χ2v) is 5.90. The van der Waals surface area contributed by atoms with Gasteiger partial charge < -0.3 is 4.74 Å². The second kappa shape index (κ2) is 6.34. The lowest BCUT2D eigenvalue weighted by molar-refractivity contribution is 0.0501. The van der Waals surface area contributed by atoms with Crippen LogP contribution in [0, 0.1) is 0 Å². The molecule has 1 aliphatic heterocycles. The van der Waals surface area contributed by atoms with Crippen molar-refractivity contribution in [3.05, 3.63) is 51.7 Å². The summed E-state index contributed by atoms with van der Waals surface area (Å²) in [5.74, 6) is -1.33. The summed E-state index contributed by atoms with van der Waals surface area (Å²) in [4.78, 5) is 38.2. The van der Waals surface area contributed by atoms with E-state index in [1.165, 1.54) is 11.3 Å². The van der Waals surface area contributed by atoms with Crippen molar-refractivity contribution >= 4 is 34.8 Å². The molecule has 118 valence electrons. The van der Waals surface area contributed by atoms with Crippen LogP contribution in [0.2, 0.25) is 0 Å². The van der Waals surface area contributed by atoms with E-state index in [1.54, 1.807) is 35.0 Å². The van der Waals surface area contributed by atoms with Gasteiger partial charge in [0, 0.05) is 10.8 Å². The molecule has 1 aromatic heterocycles. The fraction of sp³-hybridized carbons (Fsp3) is 0.235. The zero-order valence-electron chi connectivity index (χ0n) is 12.6. The Labute approximate surface area is 137 Å². The summed E-state index contributed by atoms with van der Waals surface area (Å²) in [6.07, 6.45) is 1.69. The average molecular weight is 329 g/mol. The highest BCUT2D eigenvalue weighted by molar-refractivity contribution is 7.08. The van der Waals surface area contributed by atoms with Crippen LogP contribution in [0.3, 0.4) is 0 Å². The molecular formula is C17H15NO4S. The van der Waals surface area contributed by atoms with Crippen LogP contribution < -0.4 is 4.90 Å². The van der Waals surface area contributed by atoms with Gasteiger partial charge in [-0.2, -0.15) is 0 Å². The van der Waals surface area contributed by atoms with E-state index in [-0.39, 0.29) is 5.56 Å². The third-order valence-corrected chi connectivity index (χ3v) is 4.36. The van der Waals surface area contributed by atoms with Crippen molar-refractivity contribution < 1.29 is 19.1 Å². The number of hydrogen-bond donors (Lipinski definition) is 0. The average Bonchev–Trinajstić information content (AvgIpc) is 3.12. The Kier molecular flexibility index (Phi) is 4.25. The lowest BCUT2D eigenvalue weighted by Crippen LogP contribution is -2.30. The molecule has 1 aromatic carbocycles. The first kappa shape index (κ1) is 15.4. The molecule has 5 nitrogen and oxygen atoms in total. The predicted octanol–water partition coefficient (Wildman–Crippen LogP) is 3.51. The number of hydrogen-bond acceptors (Lipinski definition) is 5. The third kappa shape index (κ3) is 2.66. The van der Waals surface area contributed by atoms with Crippen molar-refractivity contribution in [3.63, 3.8) is 0 Å². The minimum Gasteiger partial charge on any atom is -0.462 e. The quantitative estimate of drug-likeness (QED) is 0.478. The van der Waals surface area contributed by atoms with Gasteiger partial charge in [0.15, 0.2) is 0 Å². The van der Waals surface area contributed by atoms with Crippen molar-refractivity contribution in [2.24, 2.45) is 0 Å². The fourth-order valence-corrected chi connectivity index (χ4v) is 3.19. The highest BCUT2D eigenvalue weighted by atomic mass is 32.1. The van der Waals surface area contributed by atoms with Gasteiger partial charge in [-0.3, -0.25) is 9.59 Å². The topological polar surface area (TPSA) is 63.7 Å². The van der Waals surface area contributed by atoms with Crippen LogP contribution in [0.4, 0.5) is 5.69 Å². The Morgan fingerprint density at radius 2 is 1.78 bits per heavy atom. The number of thiophene rings is 1. The molecular weight excluding hydrogens is 314 g/mol. The van der Waals surface area contributed by atoms with Gasteiger partial charge in [0.1, 0.15) is 0 Å². The van der Waals surface area contributed by atoms with Crippen LogP contribution >= 0.6 is 11.3 Å². The predicted molar refractivity (Wildman–Crippen MR) is 87.1 cm³/mol. The molecule has 2 aromatic rings. The van der Waals surface area contributed by atoms with E-state index in [1.807, 2.05) is 6.92 Å². The molecule has 2 heterocycles. The molecule has 0 saturated carbocycles. The molecule has 0 bridgehead atoms. The lowest BCUT2D eigenvalue weighted by Gasteiger charge is -2.14. The van der Waals surface area contributed by atoms with E-state index in [2.05, 4.69) is 0 Å². The fourth-order valence-electron chi connectivity index (χ4n) is 2.41. The first-order chi connectivity index (χ1) is 11.1. The summed E-state index contributed by atoms with van der Waals surface area (Å²) in [6.45, 7) is 2.33. The van der Waals surface area contributed by atoms with Crippen LogP contribution in [-0.2, 0) is 4.74 Å². The number of benzene rings is 1. The summed E-state index contributed by atoms with van der Waals surface area (Å²) < 4.78 is 5.19. The van der Waals surface area contributed by atoms with E-state index >= 15 is 0 Å². The van der Waals surface area contributed by atoms with Crippen molar-refractivity contribution in [3.8, 4) is 0 Å². The molecule has 0 N–H and O–H groups in total. The van der Waals surface area contributed by atoms with Crippen LogP contribution in [0.1, 0.15) is 50.8 Å². The molecule has 0 unspecified atom stereocenters. The van der Waals surface area contributed by atoms with Gasteiger partial charge in [0.2, 0.25) is 0 Å². The number of esters is 1. The first-order valence-electron chi connectivity index (χ1n) is 7.36. The summed E-state index contributed by atoms with van der Waals surface area (Å²) in [5, 5.41) is 3.23. The Hall–Kier alpha value is -2.47. The number of carbonyl (C=O) groups excluding carboxylic acids is 3. The Bertz CT molecular complexity index is 745. The largest absolute Gasteiger partial charge is 0.462 e. The highest BCUT2D eigenvalue weighted by Gasteiger charge is 2.38. The molecule has 6 heteroatoms. The molecule has 3 rings (SSSR count). The molecule has 0 atom stereocenters. The number of ether oxygens (including phenoxy) is 1. The van der Waals surface area contributed by atoms with E-state index in [9.17, 15) is 14.4 Å². The lowest BCUT2D eigenvalue weighted by atomic mass is 10.1. The molecule has 23 heavy (non-hydrogen) atoms. The molecule has 0 fully saturated rings. The van der Waals surface area contributed by atoms with E-state index in [0.717, 1.165) is 17.7 Å². The Morgan fingerprint density at radius 1 is 1.13 bits per heavy atom. The third-order valence-electron chi connectivity index (χ3n) is 3.63. The van der Waals surface area contributed by atoms with Crippen LogP contribution in [0.5, 0.6) is 0 Å². The highest BCUT2D eigenvalue weighted by Crippen LogP contribution is 2.33. The van der Waals surface area contributed by atoms with Gasteiger partial charge in [-0.25, -0.2) is 9.69 Å². The van der Waals surface area contributed by atoms with E-state index in [0.29, 0.717) is 23.4 Å². The standard InChI is InChI=1S/C17H15NO4S/c1-2-3-8-22-17(21)13-9-23-10-14(13)18-15(19)11-6-4-5-7-12(11)16(18)20/h4-7,9-10H,2-3,8H2,1H3. The monoisotopic (exact) mass is 329 g/mol. The molecule has 0 radical (unpaired) electrons. The SMILES string of the molecule is CCCCOC(=O)c1cscc1N1C(=O)c2ccccc2C1=O. The van der Waals surface area contributed by atoms with Gasteiger partial charge in [0.25, 0.3) is 11.8 Å². The maximum absolute atomic E-state index is 12.5. The summed E-state index contributed by atoms with van der Waals surface area (Å²) in [6, 6.07) is 6.64. The Balaban J connectivity index is 1.90. The van der Waals surface area contributed by atoms with Gasteiger partial charge in [-0.15, -0.1) is 11.3 Å². The number of amides is 2. The summed E-state index contributed by atoms with van der Waals surface area (Å²) in [5.41, 5.74) is 1.26. The van der Waals surface area contributed by atoms with Gasteiger partial charge in [-0.1, -0.05) is 25.5 Å². The van der Waals surface area contributed by atoms with Crippen LogP contribution in [-0.4, -0.2) is 24.4 Å². The minimum atomic E-state index is -0.508. The smallest absolute Gasteiger partial charge is 0.341 e. The molecule has 0 aliphatic carbocycles. The van der Waals surface area contributed by atoms with Crippen molar-refractivity contribution in [2.45, 2.75) is 19.8 Å². The number of rotatable bonds is 5. The summed E-state index contributed by atoms with van der Waals surface area (Å²) >= 11 is 1.26. The van der Waals surface area contributed by atoms with E-state index in [4.69, 9.17) is 4.74 Å². The van der Waals surface area contributed by atoms with Crippen molar-refractivity contribution in [2.75, 3.05) is 11.5 Å². The van der Waals surface area contributed by atoms with Gasteiger partial charge in [-0.05, 0) is 18.6 Å². The van der Waals surface area contributed by atoms with Crippen LogP contribution in [0.15, 0.2) is 35.0 Å². The first-order valence-corrected chi connectivity index (χ1v) is 8.30. The van der Waals surface area contributed by atoms with Crippen molar-refractivity contribution in [1.29, 1.82) is 0 Å². The number of anilines is 1. The van der Waals surface area contributed by atoms with Gasteiger partial charge >= 0.3 is 5.97 Å². The zero-order chi connectivity index (χ0) is 16.4. The molecule has 2 amide bonds. The van der Waals surface area contributed by atoms with Crippen LogP contribution in [0.25, 0.3) is 0 Å². The minimum absolute atomic E-state index is 0.251. The number of nitrogens with zero attached hydrogens (tertiary/aromatic N) is 1. The number of unbranched alkanes of at least 4 members (excludes halogenated alkanes) is 1. The molecule has 0 spiro atoms. The Morgan fingerprint density at radius 3 is 2.39 bits per heavy atom. The molecule has 1 aliphatic rings. The van der Waals surface area contributed by atoms with E-state index < -0.39 is 17.8 Å². The molecule has 0 saturated heterocycles. The maximum atomic E-state index is 12.5. The normalized spacial score (nSPS) is 13.3. The zero-order valence-corrected chi connectivity index (χ0v) is 13.4. The number of imide groups is 1.